The highest BCUT2D eigenvalue weighted by Crippen LogP contribution is 2.17. The molecule has 4 nitrogen and oxygen atoms in total. The Morgan fingerprint density at radius 2 is 2.22 bits per heavy atom. The lowest BCUT2D eigenvalue weighted by Crippen LogP contribution is -2.28. The number of ether oxygens (including phenoxy) is 1. The van der Waals surface area contributed by atoms with Crippen LogP contribution in [0.3, 0.4) is 0 Å². The van der Waals surface area contributed by atoms with Gasteiger partial charge in [0.1, 0.15) is 5.82 Å². The summed E-state index contributed by atoms with van der Waals surface area (Å²) in [6, 6.07) is 6.74. The maximum atomic E-state index is 13.7. The second-order valence-corrected chi connectivity index (χ2v) is 3.98. The van der Waals surface area contributed by atoms with E-state index in [0.717, 1.165) is 0 Å². The molecule has 18 heavy (non-hydrogen) atoms. The van der Waals surface area contributed by atoms with Gasteiger partial charge >= 0.3 is 0 Å². The van der Waals surface area contributed by atoms with Gasteiger partial charge in [-0.2, -0.15) is 5.26 Å². The number of nitrogen functional groups attached to an aromatic ring is 1. The van der Waals surface area contributed by atoms with Gasteiger partial charge in [0.25, 0.3) is 0 Å². The van der Waals surface area contributed by atoms with Gasteiger partial charge < -0.3 is 10.5 Å². The molecule has 0 heterocycles. The van der Waals surface area contributed by atoms with Crippen LogP contribution < -0.4 is 5.73 Å². The van der Waals surface area contributed by atoms with Gasteiger partial charge in [-0.3, -0.25) is 4.90 Å². The molecule has 0 atom stereocenters. The van der Waals surface area contributed by atoms with Crippen molar-refractivity contribution in [2.45, 2.75) is 13.0 Å². The van der Waals surface area contributed by atoms with E-state index in [1.165, 1.54) is 6.07 Å². The topological polar surface area (TPSA) is 62.3 Å². The third-order valence-electron chi connectivity index (χ3n) is 2.69. The van der Waals surface area contributed by atoms with Gasteiger partial charge in [0, 0.05) is 44.4 Å². The molecule has 0 amide bonds. The highest BCUT2D eigenvalue weighted by molar-refractivity contribution is 5.47. The number of hydrogen-bond donors (Lipinski definition) is 1. The SMILES string of the molecule is COCCN(CCC#N)Cc1c(N)cccc1F. The second-order valence-electron chi connectivity index (χ2n) is 3.98. The molecule has 0 saturated carbocycles. The summed E-state index contributed by atoms with van der Waals surface area (Å²) in [5.74, 6) is -0.311. The Labute approximate surface area is 107 Å². The number of rotatable bonds is 7. The van der Waals surface area contributed by atoms with Crippen LogP contribution in [0.2, 0.25) is 0 Å². The number of benzene rings is 1. The molecule has 0 aromatic heterocycles. The molecule has 1 aromatic rings. The van der Waals surface area contributed by atoms with E-state index >= 15 is 0 Å². The first kappa shape index (κ1) is 14.4. The molecule has 0 aliphatic rings. The summed E-state index contributed by atoms with van der Waals surface area (Å²) in [6.45, 7) is 2.16. The number of halogens is 1. The predicted molar refractivity (Wildman–Crippen MR) is 68.2 cm³/mol. The van der Waals surface area contributed by atoms with Crippen LogP contribution in [-0.4, -0.2) is 31.7 Å². The molecule has 0 unspecified atom stereocenters. The fourth-order valence-corrected chi connectivity index (χ4v) is 1.66. The standard InChI is InChI=1S/C13H18FN3O/c1-18-9-8-17(7-3-6-15)10-11-12(14)4-2-5-13(11)16/h2,4-5H,3,7-10,16H2,1H3. The summed E-state index contributed by atoms with van der Waals surface area (Å²) in [4.78, 5) is 1.96. The summed E-state index contributed by atoms with van der Waals surface area (Å²) >= 11 is 0. The minimum Gasteiger partial charge on any atom is -0.398 e. The molecule has 0 aliphatic carbocycles. The van der Waals surface area contributed by atoms with Crippen molar-refractivity contribution in [1.29, 1.82) is 5.26 Å². The third kappa shape index (κ3) is 4.32. The Balaban J connectivity index is 2.72. The lowest BCUT2D eigenvalue weighted by molar-refractivity contribution is 0.145. The highest BCUT2D eigenvalue weighted by Gasteiger charge is 2.11. The molecule has 0 saturated heterocycles. The number of nitrogens with two attached hydrogens (primary N) is 1. The van der Waals surface area contributed by atoms with E-state index in [-0.39, 0.29) is 5.82 Å². The van der Waals surface area contributed by atoms with E-state index in [4.69, 9.17) is 15.7 Å². The summed E-state index contributed by atoms with van der Waals surface area (Å²) < 4.78 is 18.7. The molecule has 0 aliphatic heterocycles. The Morgan fingerprint density at radius 3 is 2.83 bits per heavy atom. The average Bonchev–Trinajstić information content (AvgIpc) is 2.36. The fraction of sp³-hybridized carbons (Fsp3) is 0.462. The highest BCUT2D eigenvalue weighted by atomic mass is 19.1. The van der Waals surface area contributed by atoms with E-state index in [2.05, 4.69) is 6.07 Å². The van der Waals surface area contributed by atoms with E-state index in [1.54, 1.807) is 19.2 Å². The molecule has 98 valence electrons. The summed E-state index contributed by atoms with van der Waals surface area (Å²) in [7, 11) is 1.61. The van der Waals surface area contributed by atoms with Crippen LogP contribution in [0.15, 0.2) is 18.2 Å². The molecule has 0 spiro atoms. The Kier molecular flexibility index (Phi) is 6.12. The minimum atomic E-state index is -0.311. The Morgan fingerprint density at radius 1 is 1.44 bits per heavy atom. The number of methoxy groups -OCH3 is 1. The Hall–Kier alpha value is -1.64. The van der Waals surface area contributed by atoms with E-state index in [9.17, 15) is 4.39 Å². The molecule has 0 bridgehead atoms. The van der Waals surface area contributed by atoms with Crippen molar-refractivity contribution >= 4 is 5.69 Å². The molecule has 0 radical (unpaired) electrons. The zero-order valence-electron chi connectivity index (χ0n) is 10.5. The van der Waals surface area contributed by atoms with Crippen molar-refractivity contribution in [2.75, 3.05) is 32.5 Å². The zero-order valence-corrected chi connectivity index (χ0v) is 10.5. The van der Waals surface area contributed by atoms with E-state index < -0.39 is 0 Å². The molecular weight excluding hydrogens is 233 g/mol. The largest absolute Gasteiger partial charge is 0.398 e. The fourth-order valence-electron chi connectivity index (χ4n) is 1.66. The number of nitrogens with zero attached hydrogens (tertiary/aromatic N) is 2. The maximum absolute atomic E-state index is 13.7. The second kappa shape index (κ2) is 7.64. The molecule has 1 aromatic carbocycles. The van der Waals surface area contributed by atoms with Gasteiger partial charge in [-0.1, -0.05) is 6.07 Å². The summed E-state index contributed by atoms with van der Waals surface area (Å²) in [5.41, 5.74) is 6.68. The first-order chi connectivity index (χ1) is 8.69. The molecule has 0 fully saturated rings. The van der Waals surface area contributed by atoms with Crippen LogP contribution in [0.5, 0.6) is 0 Å². The van der Waals surface area contributed by atoms with Crippen molar-refractivity contribution < 1.29 is 9.13 Å². The average molecular weight is 251 g/mol. The van der Waals surface area contributed by atoms with Crippen LogP contribution >= 0.6 is 0 Å². The number of hydrogen-bond acceptors (Lipinski definition) is 4. The van der Waals surface area contributed by atoms with Gasteiger partial charge in [0.15, 0.2) is 0 Å². The van der Waals surface area contributed by atoms with Crippen LogP contribution in [0.1, 0.15) is 12.0 Å². The maximum Gasteiger partial charge on any atom is 0.129 e. The summed E-state index contributed by atoms with van der Waals surface area (Å²) in [6.07, 6.45) is 0.401. The van der Waals surface area contributed by atoms with Crippen molar-refractivity contribution in [1.82, 2.24) is 4.90 Å². The lowest BCUT2D eigenvalue weighted by atomic mass is 10.1. The predicted octanol–water partition coefficient (Wildman–Crippen LogP) is 1.77. The lowest BCUT2D eigenvalue weighted by Gasteiger charge is -2.21. The van der Waals surface area contributed by atoms with E-state index in [1.807, 2.05) is 4.90 Å². The number of anilines is 1. The normalized spacial score (nSPS) is 10.6. The van der Waals surface area contributed by atoms with Crippen LogP contribution in [0, 0.1) is 17.1 Å². The molecule has 1 rings (SSSR count). The quantitative estimate of drug-likeness (QED) is 0.750. The monoisotopic (exact) mass is 251 g/mol. The van der Waals surface area contributed by atoms with Crippen LogP contribution in [0.4, 0.5) is 10.1 Å². The van der Waals surface area contributed by atoms with Crippen molar-refractivity contribution in [3.63, 3.8) is 0 Å². The molecule has 2 N–H and O–H groups in total. The Bertz CT molecular complexity index is 397. The van der Waals surface area contributed by atoms with Gasteiger partial charge in [-0.05, 0) is 12.1 Å². The van der Waals surface area contributed by atoms with Crippen molar-refractivity contribution in [3.8, 4) is 6.07 Å². The summed E-state index contributed by atoms with van der Waals surface area (Å²) in [5, 5.41) is 8.61. The van der Waals surface area contributed by atoms with Crippen molar-refractivity contribution in [3.05, 3.63) is 29.6 Å². The van der Waals surface area contributed by atoms with Crippen LogP contribution in [-0.2, 0) is 11.3 Å². The third-order valence-corrected chi connectivity index (χ3v) is 2.69. The van der Waals surface area contributed by atoms with Gasteiger partial charge in [0.05, 0.1) is 12.7 Å². The first-order valence-corrected chi connectivity index (χ1v) is 5.80. The molecule has 5 heteroatoms. The van der Waals surface area contributed by atoms with Gasteiger partial charge in [0.2, 0.25) is 0 Å². The molecular formula is C13H18FN3O. The van der Waals surface area contributed by atoms with Gasteiger partial charge in [-0.25, -0.2) is 4.39 Å². The van der Waals surface area contributed by atoms with Gasteiger partial charge in [-0.15, -0.1) is 0 Å². The van der Waals surface area contributed by atoms with E-state index in [0.29, 0.717) is 43.9 Å². The van der Waals surface area contributed by atoms with Crippen molar-refractivity contribution in [2.24, 2.45) is 0 Å². The first-order valence-electron chi connectivity index (χ1n) is 5.80. The van der Waals surface area contributed by atoms with Crippen LogP contribution in [0.25, 0.3) is 0 Å². The smallest absolute Gasteiger partial charge is 0.129 e. The minimum absolute atomic E-state index is 0.311. The zero-order chi connectivity index (χ0) is 13.4. The number of nitriles is 1.